The molecule has 0 fully saturated rings. The Balaban J connectivity index is 0.000000605. The van der Waals surface area contributed by atoms with Crippen LogP contribution in [0, 0.1) is 0 Å². The van der Waals surface area contributed by atoms with Gasteiger partial charge in [-0.25, -0.2) is 0 Å². The van der Waals surface area contributed by atoms with E-state index >= 15 is 0 Å². The van der Waals surface area contributed by atoms with E-state index in [1.165, 1.54) is 15.6 Å². The number of rotatable bonds is 0. The third-order valence-electron chi connectivity index (χ3n) is 1.77. The summed E-state index contributed by atoms with van der Waals surface area (Å²) in [5.41, 5.74) is 2.77. The molecule has 1 aromatic rings. The van der Waals surface area contributed by atoms with Gasteiger partial charge >= 0.3 is 18.9 Å². The Kier molecular flexibility index (Phi) is 3.01. The average molecular weight is 203 g/mol. The summed E-state index contributed by atoms with van der Waals surface area (Å²) in [6.45, 7) is 0. The first-order valence-electron chi connectivity index (χ1n) is 3.32. The Morgan fingerprint density at radius 1 is 1.27 bits per heavy atom. The van der Waals surface area contributed by atoms with Gasteiger partial charge < -0.3 is 0 Å². The van der Waals surface area contributed by atoms with Gasteiger partial charge in [0.05, 0.1) is 0 Å². The summed E-state index contributed by atoms with van der Waals surface area (Å²) in [5.74, 6) is 0. The second kappa shape index (κ2) is 3.63. The molecule has 0 saturated carbocycles. The first-order valence-corrected chi connectivity index (χ1v) is 4.11. The Hall–Kier alpha value is 0.0374. The number of hydrogen-bond acceptors (Lipinski definition) is 0. The Labute approximate surface area is 87.0 Å². The van der Waals surface area contributed by atoms with Crippen molar-refractivity contribution in [2.45, 2.75) is 6.42 Å². The van der Waals surface area contributed by atoms with E-state index in [0.717, 1.165) is 6.42 Å². The third-order valence-corrected chi connectivity index (χ3v) is 2.46. The van der Waals surface area contributed by atoms with Crippen molar-refractivity contribution in [3.63, 3.8) is 0 Å². The van der Waals surface area contributed by atoms with Crippen molar-refractivity contribution in [1.82, 2.24) is 0 Å². The van der Waals surface area contributed by atoms with Crippen LogP contribution in [0.3, 0.4) is 0 Å². The number of hydrogen-bond donors (Lipinski definition) is 0. The van der Waals surface area contributed by atoms with Gasteiger partial charge in [0.1, 0.15) is 0 Å². The van der Waals surface area contributed by atoms with Crippen molar-refractivity contribution in [2.75, 3.05) is 0 Å². The molecule has 1 aliphatic rings. The van der Waals surface area contributed by atoms with Crippen molar-refractivity contribution in [1.29, 1.82) is 0 Å². The van der Waals surface area contributed by atoms with E-state index in [1.54, 1.807) is 0 Å². The quantitative estimate of drug-likeness (QED) is 0.567. The summed E-state index contributed by atoms with van der Waals surface area (Å²) in [5, 5.41) is 0. The van der Waals surface area contributed by atoms with Gasteiger partial charge in [0.25, 0.3) is 0 Å². The number of fused-ring (bicyclic) bond motifs is 1. The summed E-state index contributed by atoms with van der Waals surface area (Å²) in [4.78, 5) is 0. The minimum absolute atomic E-state index is 0. The topological polar surface area (TPSA) is 0 Å². The zero-order chi connectivity index (χ0) is 6.97. The molecule has 11 heavy (non-hydrogen) atoms. The monoisotopic (exact) mass is 202 g/mol. The summed E-state index contributed by atoms with van der Waals surface area (Å²) in [7, 11) is 0. The van der Waals surface area contributed by atoms with Gasteiger partial charge in [-0.05, 0) is 23.6 Å². The van der Waals surface area contributed by atoms with Gasteiger partial charge in [-0.3, -0.25) is 0 Å². The standard InChI is InChI=1S/C9H7Br.Li.H/c10-9-6-2-4-7-3-1-5-8(7)9;;/h1-2,4-6H,3H2;;. The maximum absolute atomic E-state index is 3.50. The zero-order valence-corrected chi connectivity index (χ0v) is 7.06. The van der Waals surface area contributed by atoms with Crippen LogP contribution in [0.4, 0.5) is 0 Å². The molecule has 0 aliphatic heterocycles. The van der Waals surface area contributed by atoms with Crippen molar-refractivity contribution in [2.24, 2.45) is 0 Å². The van der Waals surface area contributed by atoms with Crippen molar-refractivity contribution in [3.8, 4) is 0 Å². The normalized spacial score (nSPS) is 12.5. The Morgan fingerprint density at radius 3 is 2.82 bits per heavy atom. The molecule has 1 aliphatic carbocycles. The van der Waals surface area contributed by atoms with Gasteiger partial charge in [0.2, 0.25) is 0 Å². The molecule has 0 atom stereocenters. The fraction of sp³-hybridized carbons (Fsp3) is 0.111. The summed E-state index contributed by atoms with van der Waals surface area (Å²) >= 11 is 3.50. The Bertz CT molecular complexity index is 292. The molecular weight excluding hydrogens is 195 g/mol. The van der Waals surface area contributed by atoms with Crippen LogP contribution in [-0.4, -0.2) is 18.9 Å². The molecule has 2 rings (SSSR count). The number of allylic oxidation sites excluding steroid dienone is 1. The predicted octanol–water partition coefficient (Wildman–Crippen LogP) is 2.37. The van der Waals surface area contributed by atoms with Gasteiger partial charge in [0.15, 0.2) is 0 Å². The van der Waals surface area contributed by atoms with E-state index in [9.17, 15) is 0 Å². The molecule has 0 nitrogen and oxygen atoms in total. The van der Waals surface area contributed by atoms with Gasteiger partial charge in [-0.1, -0.05) is 40.2 Å². The molecule has 0 unspecified atom stereocenters. The first-order chi connectivity index (χ1) is 4.88. The molecule has 0 amide bonds. The maximum atomic E-state index is 3.50. The molecule has 0 radical (unpaired) electrons. The van der Waals surface area contributed by atoms with Gasteiger partial charge in [0, 0.05) is 4.47 Å². The first kappa shape index (κ1) is 9.13. The van der Waals surface area contributed by atoms with Crippen LogP contribution < -0.4 is 0 Å². The number of halogens is 1. The van der Waals surface area contributed by atoms with E-state index in [-0.39, 0.29) is 18.9 Å². The van der Waals surface area contributed by atoms with Crippen molar-refractivity contribution in [3.05, 3.63) is 39.9 Å². The third kappa shape index (κ3) is 1.61. The van der Waals surface area contributed by atoms with Crippen LogP contribution in [-0.2, 0) is 6.42 Å². The van der Waals surface area contributed by atoms with Gasteiger partial charge in [-0.15, -0.1) is 0 Å². The van der Waals surface area contributed by atoms with Crippen LogP contribution in [0.5, 0.6) is 0 Å². The predicted molar refractivity (Wildman–Crippen MR) is 54.0 cm³/mol. The molecular formula is C9H8BrLi. The van der Waals surface area contributed by atoms with Crippen LogP contribution in [0.15, 0.2) is 28.7 Å². The molecule has 2 heteroatoms. The van der Waals surface area contributed by atoms with Crippen LogP contribution >= 0.6 is 15.9 Å². The molecule has 0 heterocycles. The van der Waals surface area contributed by atoms with Crippen LogP contribution in [0.1, 0.15) is 11.1 Å². The fourth-order valence-corrected chi connectivity index (χ4v) is 1.79. The van der Waals surface area contributed by atoms with E-state index in [0.29, 0.717) is 0 Å². The summed E-state index contributed by atoms with van der Waals surface area (Å²) in [6.07, 6.45) is 5.45. The molecule has 0 bridgehead atoms. The van der Waals surface area contributed by atoms with Gasteiger partial charge in [-0.2, -0.15) is 0 Å². The summed E-state index contributed by atoms with van der Waals surface area (Å²) in [6, 6.07) is 6.32. The van der Waals surface area contributed by atoms with E-state index in [4.69, 9.17) is 0 Å². The zero-order valence-electron chi connectivity index (χ0n) is 5.47. The second-order valence-electron chi connectivity index (χ2n) is 2.42. The van der Waals surface area contributed by atoms with E-state index < -0.39 is 0 Å². The van der Waals surface area contributed by atoms with E-state index in [1.807, 2.05) is 0 Å². The average Bonchev–Trinajstić information content (AvgIpc) is 2.36. The Morgan fingerprint density at radius 2 is 2.09 bits per heavy atom. The van der Waals surface area contributed by atoms with Crippen molar-refractivity contribution >= 4 is 40.9 Å². The second-order valence-corrected chi connectivity index (χ2v) is 3.27. The molecule has 0 aromatic heterocycles. The molecule has 52 valence electrons. The van der Waals surface area contributed by atoms with E-state index in [2.05, 4.69) is 46.3 Å². The van der Waals surface area contributed by atoms with Crippen molar-refractivity contribution < 1.29 is 0 Å². The molecule has 0 spiro atoms. The SMILES string of the molecule is Brc1cccc2c1C=CC2.[LiH]. The van der Waals surface area contributed by atoms with Crippen LogP contribution in [0.25, 0.3) is 6.08 Å². The fourth-order valence-electron chi connectivity index (χ4n) is 1.25. The summed E-state index contributed by atoms with van der Waals surface area (Å²) < 4.78 is 1.21. The molecule has 1 aromatic carbocycles. The number of benzene rings is 1. The molecule has 0 saturated heterocycles. The minimum atomic E-state index is 0. The molecule has 0 N–H and O–H groups in total. The van der Waals surface area contributed by atoms with Crippen LogP contribution in [0.2, 0.25) is 0 Å².